The van der Waals surface area contributed by atoms with Crippen molar-refractivity contribution in [1.29, 1.82) is 0 Å². The topological polar surface area (TPSA) is 73.1 Å². The summed E-state index contributed by atoms with van der Waals surface area (Å²) in [6.45, 7) is 7.69. The molecule has 0 saturated carbocycles. The van der Waals surface area contributed by atoms with Crippen molar-refractivity contribution in [3.63, 3.8) is 0 Å². The molecule has 0 bridgehead atoms. The molecule has 0 saturated heterocycles. The van der Waals surface area contributed by atoms with Crippen molar-refractivity contribution in [3.05, 3.63) is 45.3 Å². The number of thiazole rings is 1. The molecule has 26 heavy (non-hydrogen) atoms. The number of aromatic nitrogens is 2. The van der Waals surface area contributed by atoms with E-state index in [9.17, 15) is 4.39 Å². The summed E-state index contributed by atoms with van der Waals surface area (Å²) in [6, 6.07) is 1.36. The number of hydrogen-bond donors (Lipinski definition) is 2. The van der Waals surface area contributed by atoms with Crippen LogP contribution in [0.2, 0.25) is 0 Å². The van der Waals surface area contributed by atoms with Crippen LogP contribution in [0.3, 0.4) is 0 Å². The van der Waals surface area contributed by atoms with Crippen LogP contribution in [-0.4, -0.2) is 17.1 Å². The van der Waals surface area contributed by atoms with E-state index in [1.54, 1.807) is 6.92 Å². The van der Waals surface area contributed by atoms with Crippen LogP contribution in [0.1, 0.15) is 38.6 Å². The van der Waals surface area contributed by atoms with E-state index < -0.39 is 5.82 Å². The van der Waals surface area contributed by atoms with Crippen LogP contribution in [0.15, 0.2) is 28.1 Å². The molecule has 2 aromatic rings. The first kappa shape index (κ1) is 20.3. The molecule has 5 nitrogen and oxygen atoms in total. The second-order valence-corrected chi connectivity index (χ2v) is 7.66. The molecule has 0 radical (unpaired) electrons. The fraction of sp³-hybridized carbons (Fsp3) is 0.333. The smallest absolute Gasteiger partial charge is 0.237 e. The van der Waals surface area contributed by atoms with Crippen LogP contribution in [0.25, 0.3) is 4.91 Å². The van der Waals surface area contributed by atoms with Gasteiger partial charge in [0.05, 0.1) is 23.5 Å². The van der Waals surface area contributed by atoms with E-state index in [4.69, 9.17) is 10.5 Å². The second kappa shape index (κ2) is 9.05. The number of thioether (sulfide) groups is 1. The normalized spacial score (nSPS) is 11.4. The Hall–Kier alpha value is -2.06. The number of nitrogens with one attached hydrogen (secondary N) is 1. The molecule has 0 aliphatic heterocycles. The molecule has 0 aliphatic carbocycles. The Morgan fingerprint density at radius 2 is 2.15 bits per heavy atom. The van der Waals surface area contributed by atoms with E-state index in [1.807, 2.05) is 32.2 Å². The van der Waals surface area contributed by atoms with Crippen molar-refractivity contribution in [3.8, 4) is 5.88 Å². The standard InChI is InChI=1S/C18H23FN4OS2/c1-6-7-15(20)26-16(10(2)3)14-9-25-18(23-14)22-13-8-12(19)11(4)21-17(13)24-5/h7-9H,6,20H2,1-5H3,(H,22,23)/b15-7+. The molecule has 2 heterocycles. The largest absolute Gasteiger partial charge is 0.480 e. The van der Waals surface area contributed by atoms with Crippen molar-refractivity contribution >= 4 is 38.8 Å². The van der Waals surface area contributed by atoms with E-state index in [1.165, 1.54) is 36.3 Å². The summed E-state index contributed by atoms with van der Waals surface area (Å²) < 4.78 is 19.1. The monoisotopic (exact) mass is 394 g/mol. The van der Waals surface area contributed by atoms with Gasteiger partial charge < -0.3 is 15.8 Å². The average Bonchev–Trinajstić information content (AvgIpc) is 3.04. The third kappa shape index (κ3) is 4.98. The number of ether oxygens (including phenoxy) is 1. The van der Waals surface area contributed by atoms with Crippen molar-refractivity contribution in [2.24, 2.45) is 5.73 Å². The predicted octanol–water partition coefficient (Wildman–Crippen LogP) is 5.43. The zero-order valence-corrected chi connectivity index (χ0v) is 17.1. The SMILES string of the molecule is CC/C=C(\N)SC(=C(C)C)c1csc(Nc2cc(F)c(C)nc2OC)n1. The Bertz CT molecular complexity index is 842. The molecule has 2 rings (SSSR count). The third-order valence-corrected chi connectivity index (χ3v) is 5.35. The van der Waals surface area contributed by atoms with Crippen LogP contribution in [0, 0.1) is 12.7 Å². The molecule has 0 fully saturated rings. The zero-order chi connectivity index (χ0) is 19.3. The van der Waals surface area contributed by atoms with Crippen LogP contribution in [0.4, 0.5) is 15.2 Å². The van der Waals surface area contributed by atoms with Gasteiger partial charge in [-0.3, -0.25) is 0 Å². The Labute approximate surface area is 161 Å². The van der Waals surface area contributed by atoms with Gasteiger partial charge in [0.2, 0.25) is 5.88 Å². The quantitative estimate of drug-likeness (QED) is 0.652. The minimum Gasteiger partial charge on any atom is -0.480 e. The fourth-order valence-electron chi connectivity index (χ4n) is 2.13. The molecule has 0 unspecified atom stereocenters. The number of nitrogens with two attached hydrogens (primary N) is 1. The highest BCUT2D eigenvalue weighted by Gasteiger charge is 2.14. The summed E-state index contributed by atoms with van der Waals surface area (Å²) in [7, 11) is 1.50. The van der Waals surface area contributed by atoms with Crippen LogP contribution in [0.5, 0.6) is 5.88 Å². The highest BCUT2D eigenvalue weighted by Crippen LogP contribution is 2.37. The zero-order valence-electron chi connectivity index (χ0n) is 15.5. The number of hydrogen-bond acceptors (Lipinski definition) is 7. The van der Waals surface area contributed by atoms with Gasteiger partial charge in [0.15, 0.2) is 5.13 Å². The minimum atomic E-state index is -0.400. The maximum absolute atomic E-state index is 13.8. The summed E-state index contributed by atoms with van der Waals surface area (Å²) in [5.41, 5.74) is 8.72. The molecule has 2 aromatic heterocycles. The van der Waals surface area contributed by atoms with Gasteiger partial charge in [-0.15, -0.1) is 11.3 Å². The van der Waals surface area contributed by atoms with Crippen molar-refractivity contribution in [2.75, 3.05) is 12.4 Å². The lowest BCUT2D eigenvalue weighted by Gasteiger charge is -2.10. The van der Waals surface area contributed by atoms with Gasteiger partial charge in [-0.05, 0) is 27.2 Å². The number of rotatable bonds is 7. The van der Waals surface area contributed by atoms with Crippen molar-refractivity contribution < 1.29 is 9.13 Å². The van der Waals surface area contributed by atoms with Crippen LogP contribution in [-0.2, 0) is 0 Å². The number of anilines is 2. The summed E-state index contributed by atoms with van der Waals surface area (Å²) in [6.07, 6.45) is 2.86. The lowest BCUT2D eigenvalue weighted by molar-refractivity contribution is 0.396. The second-order valence-electron chi connectivity index (χ2n) is 5.72. The average molecular weight is 395 g/mol. The highest BCUT2D eigenvalue weighted by molar-refractivity contribution is 8.11. The van der Waals surface area contributed by atoms with E-state index in [0.717, 1.165) is 27.6 Å². The molecule has 0 aliphatic rings. The molecule has 8 heteroatoms. The van der Waals surface area contributed by atoms with E-state index >= 15 is 0 Å². The summed E-state index contributed by atoms with van der Waals surface area (Å²) in [4.78, 5) is 9.72. The molecular formula is C18H23FN4OS2. The number of aryl methyl sites for hydroxylation is 1. The van der Waals surface area contributed by atoms with Gasteiger partial charge in [-0.25, -0.2) is 14.4 Å². The third-order valence-electron chi connectivity index (χ3n) is 3.37. The number of nitrogens with zero attached hydrogens (tertiary/aromatic N) is 2. The Morgan fingerprint density at radius 3 is 2.77 bits per heavy atom. The number of methoxy groups -OCH3 is 1. The van der Waals surface area contributed by atoms with Gasteiger partial charge in [-0.1, -0.05) is 30.3 Å². The lowest BCUT2D eigenvalue weighted by atomic mass is 10.3. The van der Waals surface area contributed by atoms with Crippen molar-refractivity contribution in [2.45, 2.75) is 34.1 Å². The lowest BCUT2D eigenvalue weighted by Crippen LogP contribution is -2.00. The minimum absolute atomic E-state index is 0.286. The molecular weight excluding hydrogens is 371 g/mol. The maximum atomic E-state index is 13.8. The first-order chi connectivity index (χ1) is 12.3. The molecule has 0 atom stereocenters. The summed E-state index contributed by atoms with van der Waals surface area (Å²) >= 11 is 2.92. The first-order valence-corrected chi connectivity index (χ1v) is 9.80. The molecule has 0 aromatic carbocycles. The Morgan fingerprint density at radius 1 is 1.42 bits per heavy atom. The molecule has 140 valence electrons. The van der Waals surface area contributed by atoms with Gasteiger partial charge in [0.1, 0.15) is 11.5 Å². The fourth-order valence-corrected chi connectivity index (χ4v) is 3.81. The molecule has 0 spiro atoms. The number of halogens is 1. The molecule has 0 amide bonds. The van der Waals surface area contributed by atoms with Gasteiger partial charge in [0.25, 0.3) is 0 Å². The van der Waals surface area contributed by atoms with Crippen LogP contribution < -0.4 is 15.8 Å². The van der Waals surface area contributed by atoms with Crippen molar-refractivity contribution in [1.82, 2.24) is 9.97 Å². The first-order valence-electron chi connectivity index (χ1n) is 8.10. The number of allylic oxidation sites excluding steroid dienone is 2. The Kier molecular flexibility index (Phi) is 7.05. The van der Waals surface area contributed by atoms with Gasteiger partial charge in [0, 0.05) is 16.4 Å². The van der Waals surface area contributed by atoms with Crippen LogP contribution >= 0.6 is 23.1 Å². The molecule has 3 N–H and O–H groups in total. The highest BCUT2D eigenvalue weighted by atomic mass is 32.2. The summed E-state index contributed by atoms with van der Waals surface area (Å²) in [5.74, 6) is -0.0734. The summed E-state index contributed by atoms with van der Waals surface area (Å²) in [5, 5.41) is 6.41. The van der Waals surface area contributed by atoms with E-state index in [-0.39, 0.29) is 5.69 Å². The predicted molar refractivity (Wildman–Crippen MR) is 109 cm³/mol. The van der Waals surface area contributed by atoms with E-state index in [2.05, 4.69) is 15.3 Å². The number of pyridine rings is 1. The Balaban J connectivity index is 2.28. The van der Waals surface area contributed by atoms with E-state index in [0.29, 0.717) is 16.7 Å². The maximum Gasteiger partial charge on any atom is 0.237 e. The van der Waals surface area contributed by atoms with Gasteiger partial charge in [-0.2, -0.15) is 0 Å². The van der Waals surface area contributed by atoms with Gasteiger partial charge >= 0.3 is 0 Å².